The van der Waals surface area contributed by atoms with Gasteiger partial charge in [-0.05, 0) is 12.5 Å². The van der Waals surface area contributed by atoms with E-state index in [0.717, 1.165) is 0 Å². The summed E-state index contributed by atoms with van der Waals surface area (Å²) < 4.78 is -0.408. The van der Waals surface area contributed by atoms with Crippen LogP contribution in [0.1, 0.15) is 0 Å². The van der Waals surface area contributed by atoms with Crippen LogP contribution in [0.2, 0.25) is 0 Å². The lowest BCUT2D eigenvalue weighted by atomic mass is 11.8. The summed E-state index contributed by atoms with van der Waals surface area (Å²) in [6.45, 7) is 0. The van der Waals surface area contributed by atoms with E-state index in [4.69, 9.17) is 33.9 Å². The van der Waals surface area contributed by atoms with E-state index in [0.29, 0.717) is 0 Å². The third-order valence-electron chi connectivity index (χ3n) is 0.424. The first-order valence-corrected chi connectivity index (χ1v) is 5.85. The van der Waals surface area contributed by atoms with Crippen molar-refractivity contribution in [3.8, 4) is 0 Å². The normalized spacial score (nSPS) is 15.1. The van der Waals surface area contributed by atoms with Gasteiger partial charge in [-0.2, -0.15) is 0 Å². The zero-order chi connectivity index (χ0) is 6.08. The maximum absolute atomic E-state index is 5.69. The maximum atomic E-state index is 5.69. The van der Waals surface area contributed by atoms with Crippen molar-refractivity contribution in [2.75, 3.05) is 12.5 Å². The molecule has 0 rings (SSSR count). The minimum Gasteiger partial charge on any atom is -0.139 e. The molecule has 0 N–H and O–H groups in total. The Morgan fingerprint density at radius 2 is 1.43 bits per heavy atom. The highest BCUT2D eigenvalue weighted by molar-refractivity contribution is 8.51. The molecule has 0 aliphatic rings. The van der Waals surface area contributed by atoms with E-state index in [1.165, 1.54) is 0 Å². The van der Waals surface area contributed by atoms with E-state index in [1.54, 1.807) is 0 Å². The number of alkyl halides is 2. The Morgan fingerprint density at radius 3 is 1.43 bits per heavy atom. The molecule has 0 bridgehead atoms. The summed E-state index contributed by atoms with van der Waals surface area (Å²) in [6, 6.07) is 0. The molecule has 0 aromatic rings. The van der Waals surface area contributed by atoms with Gasteiger partial charge in [0, 0.05) is 0 Å². The summed E-state index contributed by atoms with van der Waals surface area (Å²) in [4.78, 5) is 0. The quantitative estimate of drug-likeness (QED) is 0.546. The Kier molecular flexibility index (Phi) is 3.14. The molecule has 0 saturated carbocycles. The monoisotopic (exact) mass is 180 g/mol. The minimum atomic E-state index is -1.24. The van der Waals surface area contributed by atoms with E-state index < -0.39 is 13.4 Å². The summed E-state index contributed by atoms with van der Waals surface area (Å²) >= 11 is 10.8. The zero-order valence-corrected chi connectivity index (χ0v) is 7.20. The van der Waals surface area contributed by atoms with E-state index in [-0.39, 0.29) is 0 Å². The summed E-state index contributed by atoms with van der Waals surface area (Å²) in [5.41, 5.74) is 0. The second-order valence-corrected chi connectivity index (χ2v) is 8.56. The Balaban J connectivity index is 3.54. The van der Waals surface area contributed by atoms with Gasteiger partial charge in [-0.25, -0.2) is 0 Å². The fraction of sp³-hybridized carbons (Fsp3) is 1.00. The molecule has 0 heterocycles. The average Bonchev–Trinajstić information content (AvgIpc) is 1.31. The molecule has 0 fully saturated rings. The highest BCUT2D eigenvalue weighted by atomic mass is 35.7. The number of hydrogen-bond acceptors (Lipinski definition) is 0. The van der Waals surface area contributed by atoms with Gasteiger partial charge in [0.1, 0.15) is 4.17 Å². The standard InChI is InChI=1S/C3H7Cl3S/c1-7(2,6)3(4)5/h3H,1-2H3. The second kappa shape index (κ2) is 2.67. The van der Waals surface area contributed by atoms with Crippen LogP contribution in [0.4, 0.5) is 0 Å². The topological polar surface area (TPSA) is 0 Å². The van der Waals surface area contributed by atoms with Crippen molar-refractivity contribution in [2.45, 2.75) is 4.17 Å². The molecule has 0 aliphatic heterocycles. The largest absolute Gasteiger partial charge is 0.149 e. The van der Waals surface area contributed by atoms with Gasteiger partial charge in [-0.15, -0.1) is 9.24 Å². The van der Waals surface area contributed by atoms with Crippen molar-refractivity contribution in [1.82, 2.24) is 0 Å². The first kappa shape index (κ1) is 8.22. The Morgan fingerprint density at radius 1 is 1.29 bits per heavy atom. The van der Waals surface area contributed by atoms with Crippen molar-refractivity contribution < 1.29 is 0 Å². The first-order chi connectivity index (χ1) is 2.94. The summed E-state index contributed by atoms with van der Waals surface area (Å²) in [5.74, 6) is 0. The van der Waals surface area contributed by atoms with Gasteiger partial charge in [0.2, 0.25) is 0 Å². The Hall–Kier alpha value is 1.22. The molecule has 0 aromatic carbocycles. The molecule has 46 valence electrons. The Bertz CT molecular complexity index is 55.7. The van der Waals surface area contributed by atoms with Gasteiger partial charge < -0.3 is 0 Å². The average molecular weight is 182 g/mol. The minimum absolute atomic E-state index is 0.408. The Labute approximate surface area is 59.9 Å². The van der Waals surface area contributed by atoms with Crippen LogP contribution in [0.3, 0.4) is 0 Å². The summed E-state index contributed by atoms with van der Waals surface area (Å²) in [6.07, 6.45) is 3.69. The highest BCUT2D eigenvalue weighted by Crippen LogP contribution is 2.53. The van der Waals surface area contributed by atoms with Gasteiger partial charge in [0.05, 0.1) is 0 Å². The fourth-order valence-corrected chi connectivity index (χ4v) is 0. The smallest absolute Gasteiger partial charge is 0.139 e. The molecule has 4 heteroatoms. The van der Waals surface area contributed by atoms with Crippen LogP contribution in [0.25, 0.3) is 0 Å². The predicted octanol–water partition coefficient (Wildman–Crippen LogP) is 2.97. The van der Waals surface area contributed by atoms with Crippen molar-refractivity contribution in [3.05, 3.63) is 0 Å². The van der Waals surface area contributed by atoms with Gasteiger partial charge in [0.25, 0.3) is 0 Å². The molecule has 0 aliphatic carbocycles. The van der Waals surface area contributed by atoms with Gasteiger partial charge in [-0.1, -0.05) is 33.9 Å². The number of halogens is 3. The molecular formula is C3H7Cl3S. The summed E-state index contributed by atoms with van der Waals surface area (Å²) in [5, 5.41) is 0. The van der Waals surface area contributed by atoms with Crippen molar-refractivity contribution >= 4 is 43.1 Å². The molecule has 0 amide bonds. The molecule has 0 unspecified atom stereocenters. The van der Waals surface area contributed by atoms with Crippen LogP contribution in [0, 0.1) is 0 Å². The molecular weight excluding hydrogens is 174 g/mol. The summed E-state index contributed by atoms with van der Waals surface area (Å²) in [7, 11) is 4.45. The molecule has 0 aromatic heterocycles. The molecule has 0 spiro atoms. The SMILES string of the molecule is CS(C)(Cl)C(Cl)Cl. The van der Waals surface area contributed by atoms with Crippen molar-refractivity contribution in [2.24, 2.45) is 0 Å². The van der Waals surface area contributed by atoms with E-state index in [1.807, 2.05) is 12.5 Å². The van der Waals surface area contributed by atoms with Crippen LogP contribution in [-0.4, -0.2) is 16.7 Å². The van der Waals surface area contributed by atoms with Crippen molar-refractivity contribution in [1.29, 1.82) is 0 Å². The third kappa shape index (κ3) is 3.77. The van der Waals surface area contributed by atoms with Crippen LogP contribution in [0.5, 0.6) is 0 Å². The maximum Gasteiger partial charge on any atom is 0.149 e. The molecule has 0 radical (unpaired) electrons. The van der Waals surface area contributed by atoms with Gasteiger partial charge in [-0.3, -0.25) is 0 Å². The van der Waals surface area contributed by atoms with Crippen LogP contribution in [-0.2, 0) is 0 Å². The van der Waals surface area contributed by atoms with Crippen LogP contribution >= 0.6 is 43.1 Å². The lowest BCUT2D eigenvalue weighted by Gasteiger charge is -2.22. The van der Waals surface area contributed by atoms with Crippen LogP contribution < -0.4 is 0 Å². The zero-order valence-electron chi connectivity index (χ0n) is 4.12. The van der Waals surface area contributed by atoms with Crippen molar-refractivity contribution in [3.63, 3.8) is 0 Å². The molecule has 0 nitrogen and oxygen atoms in total. The number of rotatable bonds is 1. The second-order valence-electron chi connectivity index (χ2n) is 1.54. The lowest BCUT2D eigenvalue weighted by Crippen LogP contribution is -1.93. The van der Waals surface area contributed by atoms with E-state index in [2.05, 4.69) is 0 Å². The predicted molar refractivity (Wildman–Crippen MR) is 40.8 cm³/mol. The molecule has 0 atom stereocenters. The van der Waals surface area contributed by atoms with Crippen LogP contribution in [0.15, 0.2) is 0 Å². The fourth-order valence-electron chi connectivity index (χ4n) is 0. The molecule has 7 heavy (non-hydrogen) atoms. The highest BCUT2D eigenvalue weighted by Gasteiger charge is 2.15. The van der Waals surface area contributed by atoms with E-state index in [9.17, 15) is 0 Å². The van der Waals surface area contributed by atoms with Gasteiger partial charge in [0.15, 0.2) is 0 Å². The van der Waals surface area contributed by atoms with Gasteiger partial charge >= 0.3 is 0 Å². The molecule has 0 saturated heterocycles. The van der Waals surface area contributed by atoms with E-state index >= 15 is 0 Å². The third-order valence-corrected chi connectivity index (χ3v) is 5.03. The number of hydrogen-bond donors (Lipinski definition) is 0. The lowest BCUT2D eigenvalue weighted by molar-refractivity contribution is 1.90. The first-order valence-electron chi connectivity index (χ1n) is 1.64.